The van der Waals surface area contributed by atoms with E-state index in [-0.39, 0.29) is 17.9 Å². The maximum Gasteiger partial charge on any atom is 0.267 e. The Kier molecular flexibility index (Phi) is 5.45. The molecule has 138 valence electrons. The molecule has 1 aromatic heterocycles. The Labute approximate surface area is 156 Å². The number of benzene rings is 2. The summed E-state index contributed by atoms with van der Waals surface area (Å²) in [4.78, 5) is 24.6. The standard InChI is InChI=1S/C21H20FN3O2/c1-14-7-9-16(10-8-14)19-11-12-20(26)25(24-19)15(2)21(27)23-13-17-5-3-4-6-18(17)22/h3-12,15H,13H2,1-2H3,(H,23,27). The van der Waals surface area contributed by atoms with Crippen molar-refractivity contribution in [3.63, 3.8) is 0 Å². The minimum atomic E-state index is -0.824. The van der Waals surface area contributed by atoms with Gasteiger partial charge in [0.25, 0.3) is 5.56 Å². The van der Waals surface area contributed by atoms with Crippen LogP contribution in [0.1, 0.15) is 24.1 Å². The first-order chi connectivity index (χ1) is 13.0. The largest absolute Gasteiger partial charge is 0.350 e. The average molecular weight is 365 g/mol. The molecule has 2 aromatic carbocycles. The number of nitrogens with one attached hydrogen (secondary N) is 1. The van der Waals surface area contributed by atoms with Crippen LogP contribution in [0.25, 0.3) is 11.3 Å². The minimum absolute atomic E-state index is 0.0439. The third-order valence-electron chi connectivity index (χ3n) is 4.33. The topological polar surface area (TPSA) is 64.0 Å². The lowest BCUT2D eigenvalue weighted by Crippen LogP contribution is -2.36. The molecule has 0 fully saturated rings. The van der Waals surface area contributed by atoms with Crippen LogP contribution >= 0.6 is 0 Å². The SMILES string of the molecule is Cc1ccc(-c2ccc(=O)n(C(C)C(=O)NCc3ccccc3F)n2)cc1. The fourth-order valence-corrected chi connectivity index (χ4v) is 2.66. The van der Waals surface area contributed by atoms with E-state index in [0.717, 1.165) is 15.8 Å². The molecule has 0 aliphatic heterocycles. The normalized spacial score (nSPS) is 11.8. The summed E-state index contributed by atoms with van der Waals surface area (Å²) in [6.45, 7) is 3.62. The van der Waals surface area contributed by atoms with E-state index in [1.165, 1.54) is 12.1 Å². The zero-order chi connectivity index (χ0) is 19.4. The van der Waals surface area contributed by atoms with Gasteiger partial charge in [-0.3, -0.25) is 9.59 Å². The lowest BCUT2D eigenvalue weighted by atomic mass is 10.1. The van der Waals surface area contributed by atoms with Crippen LogP contribution in [0.4, 0.5) is 4.39 Å². The van der Waals surface area contributed by atoms with Crippen LogP contribution < -0.4 is 10.9 Å². The molecule has 1 amide bonds. The summed E-state index contributed by atoms with van der Waals surface area (Å²) in [5, 5.41) is 6.99. The summed E-state index contributed by atoms with van der Waals surface area (Å²) in [7, 11) is 0. The van der Waals surface area contributed by atoms with Gasteiger partial charge in [0.2, 0.25) is 5.91 Å². The van der Waals surface area contributed by atoms with Crippen molar-refractivity contribution in [1.29, 1.82) is 0 Å². The Hall–Kier alpha value is -3.28. The second-order valence-corrected chi connectivity index (χ2v) is 6.35. The molecule has 0 saturated heterocycles. The molecular weight excluding hydrogens is 345 g/mol. The lowest BCUT2D eigenvalue weighted by molar-refractivity contribution is -0.124. The van der Waals surface area contributed by atoms with E-state index in [4.69, 9.17) is 0 Å². The van der Waals surface area contributed by atoms with Crippen molar-refractivity contribution in [1.82, 2.24) is 15.1 Å². The first kappa shape index (κ1) is 18.5. The molecule has 0 bridgehead atoms. The summed E-state index contributed by atoms with van der Waals surface area (Å²) in [6.07, 6.45) is 0. The number of rotatable bonds is 5. The van der Waals surface area contributed by atoms with Crippen LogP contribution in [0.5, 0.6) is 0 Å². The van der Waals surface area contributed by atoms with Gasteiger partial charge in [0, 0.05) is 23.7 Å². The van der Waals surface area contributed by atoms with Crippen LogP contribution in [0.2, 0.25) is 0 Å². The van der Waals surface area contributed by atoms with Gasteiger partial charge in [-0.15, -0.1) is 0 Å². The van der Waals surface area contributed by atoms with Gasteiger partial charge in [0.1, 0.15) is 11.9 Å². The molecule has 3 aromatic rings. The van der Waals surface area contributed by atoms with Crippen LogP contribution in [0.3, 0.4) is 0 Å². The van der Waals surface area contributed by atoms with Gasteiger partial charge in [-0.1, -0.05) is 48.0 Å². The minimum Gasteiger partial charge on any atom is -0.350 e. The fraction of sp³-hybridized carbons (Fsp3) is 0.190. The first-order valence-corrected chi connectivity index (χ1v) is 8.64. The zero-order valence-electron chi connectivity index (χ0n) is 15.1. The Balaban J connectivity index is 1.79. The van der Waals surface area contributed by atoms with Crippen molar-refractivity contribution in [2.75, 3.05) is 0 Å². The fourth-order valence-electron chi connectivity index (χ4n) is 2.66. The van der Waals surface area contributed by atoms with E-state index in [2.05, 4.69) is 10.4 Å². The highest BCUT2D eigenvalue weighted by molar-refractivity contribution is 5.79. The number of carbonyl (C=O) groups is 1. The summed E-state index contributed by atoms with van der Waals surface area (Å²) >= 11 is 0. The van der Waals surface area contributed by atoms with Gasteiger partial charge in [-0.2, -0.15) is 5.10 Å². The van der Waals surface area contributed by atoms with Crippen molar-refractivity contribution in [3.05, 3.63) is 88.0 Å². The van der Waals surface area contributed by atoms with Gasteiger partial charge < -0.3 is 5.32 Å². The highest BCUT2D eigenvalue weighted by Crippen LogP contribution is 2.17. The van der Waals surface area contributed by atoms with Gasteiger partial charge in [0.15, 0.2) is 0 Å². The summed E-state index contributed by atoms with van der Waals surface area (Å²) in [5.41, 5.74) is 2.58. The second kappa shape index (κ2) is 7.95. The molecule has 0 aliphatic rings. The molecule has 1 atom stereocenters. The van der Waals surface area contributed by atoms with Crippen molar-refractivity contribution in [2.45, 2.75) is 26.4 Å². The Bertz CT molecular complexity index is 1010. The second-order valence-electron chi connectivity index (χ2n) is 6.35. The van der Waals surface area contributed by atoms with Crippen molar-refractivity contribution in [2.24, 2.45) is 0 Å². The van der Waals surface area contributed by atoms with Crippen LogP contribution in [-0.4, -0.2) is 15.7 Å². The third-order valence-corrected chi connectivity index (χ3v) is 4.33. The molecular formula is C21H20FN3O2. The van der Waals surface area contributed by atoms with E-state index >= 15 is 0 Å². The van der Waals surface area contributed by atoms with E-state index in [1.807, 2.05) is 31.2 Å². The van der Waals surface area contributed by atoms with Crippen LogP contribution in [0, 0.1) is 12.7 Å². The number of hydrogen-bond acceptors (Lipinski definition) is 3. The summed E-state index contributed by atoms with van der Waals surface area (Å²) in [6, 6.07) is 16.2. The molecule has 0 saturated carbocycles. The number of aryl methyl sites for hydroxylation is 1. The molecule has 0 spiro atoms. The van der Waals surface area contributed by atoms with Gasteiger partial charge in [0.05, 0.1) is 5.69 Å². The number of amides is 1. The van der Waals surface area contributed by atoms with Gasteiger partial charge in [-0.05, 0) is 26.0 Å². The van der Waals surface area contributed by atoms with Crippen molar-refractivity contribution < 1.29 is 9.18 Å². The quantitative estimate of drug-likeness (QED) is 0.755. The summed E-state index contributed by atoms with van der Waals surface area (Å²) < 4.78 is 14.8. The molecule has 0 aliphatic carbocycles. The number of hydrogen-bond donors (Lipinski definition) is 1. The zero-order valence-corrected chi connectivity index (χ0v) is 15.1. The monoisotopic (exact) mass is 365 g/mol. The average Bonchev–Trinajstić information content (AvgIpc) is 2.67. The van der Waals surface area contributed by atoms with Gasteiger partial charge in [-0.25, -0.2) is 9.07 Å². The number of halogens is 1. The Morgan fingerprint density at radius 3 is 2.52 bits per heavy atom. The van der Waals surface area contributed by atoms with Crippen LogP contribution in [-0.2, 0) is 11.3 Å². The molecule has 27 heavy (non-hydrogen) atoms. The predicted molar refractivity (Wildman–Crippen MR) is 102 cm³/mol. The number of aromatic nitrogens is 2. The Morgan fingerprint density at radius 2 is 1.81 bits per heavy atom. The van der Waals surface area contributed by atoms with Crippen molar-refractivity contribution in [3.8, 4) is 11.3 Å². The highest BCUT2D eigenvalue weighted by atomic mass is 19.1. The number of carbonyl (C=O) groups excluding carboxylic acids is 1. The summed E-state index contributed by atoms with van der Waals surface area (Å²) in [5.74, 6) is -0.795. The molecule has 1 heterocycles. The Morgan fingerprint density at radius 1 is 1.11 bits per heavy atom. The first-order valence-electron chi connectivity index (χ1n) is 8.64. The number of nitrogens with zero attached hydrogens (tertiary/aromatic N) is 2. The molecule has 0 radical (unpaired) electrons. The molecule has 6 heteroatoms. The molecule has 1 N–H and O–H groups in total. The molecule has 1 unspecified atom stereocenters. The smallest absolute Gasteiger partial charge is 0.267 e. The third kappa shape index (κ3) is 4.28. The molecule has 5 nitrogen and oxygen atoms in total. The van der Waals surface area contributed by atoms with Crippen LogP contribution in [0.15, 0.2) is 65.5 Å². The van der Waals surface area contributed by atoms with Crippen molar-refractivity contribution >= 4 is 5.91 Å². The van der Waals surface area contributed by atoms with E-state index in [1.54, 1.807) is 31.2 Å². The highest BCUT2D eigenvalue weighted by Gasteiger charge is 2.18. The maximum absolute atomic E-state index is 13.7. The van der Waals surface area contributed by atoms with E-state index < -0.39 is 11.9 Å². The maximum atomic E-state index is 13.7. The lowest BCUT2D eigenvalue weighted by Gasteiger charge is -2.15. The molecule has 3 rings (SSSR count). The predicted octanol–water partition coefficient (Wildman–Crippen LogP) is 3.24. The van der Waals surface area contributed by atoms with Gasteiger partial charge >= 0.3 is 0 Å². The van der Waals surface area contributed by atoms with E-state index in [9.17, 15) is 14.0 Å². The van der Waals surface area contributed by atoms with E-state index in [0.29, 0.717) is 11.3 Å².